The monoisotopic (exact) mass is 369 g/mol. The zero-order chi connectivity index (χ0) is 19.2. The molecule has 0 aromatic heterocycles. The van der Waals surface area contributed by atoms with Gasteiger partial charge in [-0.15, -0.1) is 0 Å². The van der Waals surface area contributed by atoms with E-state index in [0.717, 1.165) is 5.56 Å². The summed E-state index contributed by atoms with van der Waals surface area (Å²) in [5.41, 5.74) is 4.39. The van der Waals surface area contributed by atoms with Gasteiger partial charge in [0, 0.05) is 11.3 Å². The molecule has 0 fully saturated rings. The van der Waals surface area contributed by atoms with Crippen molar-refractivity contribution in [3.05, 3.63) is 47.5 Å². The smallest absolute Gasteiger partial charge is 0.329 e. The van der Waals surface area contributed by atoms with E-state index in [9.17, 15) is 9.59 Å². The first-order valence-electron chi connectivity index (χ1n) is 8.25. The van der Waals surface area contributed by atoms with Crippen LogP contribution in [0.2, 0.25) is 0 Å². The molecule has 0 radical (unpaired) electrons. The van der Waals surface area contributed by atoms with E-state index in [4.69, 9.17) is 14.2 Å². The SMILES string of the molecule is COc1cc(/C=N\NC(=O)C(=O)Nc2ccc(C)cc2)cc2c1OCCO2. The number of ether oxygens (including phenoxy) is 3. The molecular formula is C19H19N3O5. The highest BCUT2D eigenvalue weighted by molar-refractivity contribution is 6.39. The van der Waals surface area contributed by atoms with Crippen molar-refractivity contribution in [2.75, 3.05) is 25.6 Å². The highest BCUT2D eigenvalue weighted by atomic mass is 16.6. The molecule has 0 aliphatic carbocycles. The molecule has 0 unspecified atom stereocenters. The average Bonchev–Trinajstić information content (AvgIpc) is 2.69. The predicted octanol–water partition coefficient (Wildman–Crippen LogP) is 1.86. The highest BCUT2D eigenvalue weighted by Crippen LogP contribution is 2.39. The summed E-state index contributed by atoms with van der Waals surface area (Å²) < 4.78 is 16.3. The van der Waals surface area contributed by atoms with Crippen molar-refractivity contribution in [3.63, 3.8) is 0 Å². The van der Waals surface area contributed by atoms with Gasteiger partial charge in [0.15, 0.2) is 11.5 Å². The van der Waals surface area contributed by atoms with E-state index in [1.807, 2.05) is 19.1 Å². The maximum absolute atomic E-state index is 11.9. The lowest BCUT2D eigenvalue weighted by Gasteiger charge is -2.20. The number of carbonyl (C=O) groups excluding carboxylic acids is 2. The third kappa shape index (κ3) is 4.55. The second kappa shape index (κ2) is 8.22. The van der Waals surface area contributed by atoms with Gasteiger partial charge in [-0.2, -0.15) is 5.10 Å². The number of aryl methyl sites for hydroxylation is 1. The van der Waals surface area contributed by atoms with Crippen molar-refractivity contribution < 1.29 is 23.8 Å². The third-order valence-corrected chi connectivity index (χ3v) is 3.75. The van der Waals surface area contributed by atoms with Crippen LogP contribution in [-0.4, -0.2) is 38.4 Å². The Morgan fingerprint density at radius 1 is 1.11 bits per heavy atom. The van der Waals surface area contributed by atoms with Crippen LogP contribution in [0.5, 0.6) is 17.2 Å². The minimum absolute atomic E-state index is 0.437. The van der Waals surface area contributed by atoms with Gasteiger partial charge in [0.05, 0.1) is 13.3 Å². The Labute approximate surface area is 156 Å². The summed E-state index contributed by atoms with van der Waals surface area (Å²) in [6, 6.07) is 10.5. The Morgan fingerprint density at radius 3 is 2.59 bits per heavy atom. The Morgan fingerprint density at radius 2 is 1.85 bits per heavy atom. The molecule has 0 saturated carbocycles. The van der Waals surface area contributed by atoms with E-state index in [1.165, 1.54) is 13.3 Å². The maximum atomic E-state index is 11.9. The standard InChI is InChI=1S/C19H19N3O5/c1-12-3-5-14(6-4-12)21-18(23)19(24)22-20-11-13-9-15(25-2)17-16(10-13)26-7-8-27-17/h3-6,9-11H,7-8H2,1-2H3,(H,21,23)(H,22,24)/b20-11-. The van der Waals surface area contributed by atoms with Gasteiger partial charge in [-0.25, -0.2) is 5.43 Å². The van der Waals surface area contributed by atoms with Crippen LogP contribution in [0, 0.1) is 6.92 Å². The summed E-state index contributed by atoms with van der Waals surface area (Å²) in [6.45, 7) is 2.81. The van der Waals surface area contributed by atoms with Crippen molar-refractivity contribution in [1.82, 2.24) is 5.43 Å². The van der Waals surface area contributed by atoms with E-state index in [-0.39, 0.29) is 0 Å². The molecule has 140 valence electrons. The second-order valence-corrected chi connectivity index (χ2v) is 5.77. The van der Waals surface area contributed by atoms with Crippen LogP contribution >= 0.6 is 0 Å². The number of hydrazone groups is 1. The Kier molecular flexibility index (Phi) is 5.55. The summed E-state index contributed by atoms with van der Waals surface area (Å²) >= 11 is 0. The second-order valence-electron chi connectivity index (χ2n) is 5.77. The lowest BCUT2D eigenvalue weighted by molar-refractivity contribution is -0.136. The molecule has 27 heavy (non-hydrogen) atoms. The molecule has 8 nitrogen and oxygen atoms in total. The van der Waals surface area contributed by atoms with Crippen molar-refractivity contribution in [2.45, 2.75) is 6.92 Å². The van der Waals surface area contributed by atoms with Gasteiger partial charge in [-0.05, 0) is 31.2 Å². The fourth-order valence-electron chi connectivity index (χ4n) is 2.41. The van der Waals surface area contributed by atoms with E-state index in [1.54, 1.807) is 24.3 Å². The van der Waals surface area contributed by atoms with Crippen LogP contribution in [0.4, 0.5) is 5.69 Å². The van der Waals surface area contributed by atoms with E-state index >= 15 is 0 Å². The molecule has 8 heteroatoms. The molecule has 0 atom stereocenters. The molecule has 0 bridgehead atoms. The number of benzene rings is 2. The molecule has 3 rings (SSSR count). The number of amides is 2. The fraction of sp³-hybridized carbons (Fsp3) is 0.211. The number of carbonyl (C=O) groups is 2. The molecule has 1 aliphatic heterocycles. The number of nitrogens with one attached hydrogen (secondary N) is 2. The molecular weight excluding hydrogens is 350 g/mol. The van der Waals surface area contributed by atoms with Gasteiger partial charge >= 0.3 is 11.8 Å². The number of rotatable bonds is 4. The number of methoxy groups -OCH3 is 1. The summed E-state index contributed by atoms with van der Waals surface area (Å²) in [6.07, 6.45) is 1.39. The lowest BCUT2D eigenvalue weighted by atomic mass is 10.2. The van der Waals surface area contributed by atoms with Crippen molar-refractivity contribution in [3.8, 4) is 17.2 Å². The van der Waals surface area contributed by atoms with Crippen molar-refractivity contribution >= 4 is 23.7 Å². The van der Waals surface area contributed by atoms with Crippen molar-refractivity contribution in [1.29, 1.82) is 0 Å². The molecule has 2 aromatic rings. The normalized spacial score (nSPS) is 12.5. The maximum Gasteiger partial charge on any atom is 0.329 e. The predicted molar refractivity (Wildman–Crippen MR) is 99.5 cm³/mol. The number of hydrogen-bond acceptors (Lipinski definition) is 6. The summed E-state index contributed by atoms with van der Waals surface area (Å²) in [7, 11) is 1.52. The number of hydrogen-bond donors (Lipinski definition) is 2. The molecule has 0 spiro atoms. The topological polar surface area (TPSA) is 98.2 Å². The Balaban J connectivity index is 1.62. The van der Waals surface area contributed by atoms with Crippen LogP contribution in [0.25, 0.3) is 0 Å². The molecule has 2 N–H and O–H groups in total. The molecule has 1 aliphatic rings. The van der Waals surface area contributed by atoms with Crippen LogP contribution in [0.15, 0.2) is 41.5 Å². The van der Waals surface area contributed by atoms with Gasteiger partial charge in [-0.3, -0.25) is 9.59 Å². The Bertz CT molecular complexity index is 860. The van der Waals surface area contributed by atoms with Crippen molar-refractivity contribution in [2.24, 2.45) is 5.10 Å². The van der Waals surface area contributed by atoms with Gasteiger partial charge in [0.1, 0.15) is 13.2 Å². The first-order valence-corrected chi connectivity index (χ1v) is 8.25. The number of fused-ring (bicyclic) bond motifs is 1. The van der Waals surface area contributed by atoms with E-state index in [2.05, 4.69) is 15.8 Å². The van der Waals surface area contributed by atoms with Gasteiger partial charge in [-0.1, -0.05) is 17.7 Å². The van der Waals surface area contributed by atoms with Crippen LogP contribution in [0.3, 0.4) is 0 Å². The fourth-order valence-corrected chi connectivity index (χ4v) is 2.41. The summed E-state index contributed by atoms with van der Waals surface area (Å²) in [5.74, 6) is -0.128. The van der Waals surface area contributed by atoms with E-state index in [0.29, 0.717) is 41.7 Å². The largest absolute Gasteiger partial charge is 0.493 e. The lowest BCUT2D eigenvalue weighted by Crippen LogP contribution is -2.32. The van der Waals surface area contributed by atoms with Gasteiger partial charge in [0.2, 0.25) is 5.75 Å². The minimum Gasteiger partial charge on any atom is -0.493 e. The van der Waals surface area contributed by atoms with E-state index < -0.39 is 11.8 Å². The highest BCUT2D eigenvalue weighted by Gasteiger charge is 2.18. The molecule has 0 saturated heterocycles. The quantitative estimate of drug-likeness (QED) is 0.487. The molecule has 2 amide bonds. The zero-order valence-corrected chi connectivity index (χ0v) is 14.9. The van der Waals surface area contributed by atoms with Gasteiger partial charge in [0.25, 0.3) is 0 Å². The zero-order valence-electron chi connectivity index (χ0n) is 14.9. The third-order valence-electron chi connectivity index (χ3n) is 3.75. The van der Waals surface area contributed by atoms with Gasteiger partial charge < -0.3 is 19.5 Å². The minimum atomic E-state index is -0.878. The number of nitrogens with zero attached hydrogens (tertiary/aromatic N) is 1. The van der Waals surface area contributed by atoms with Crippen LogP contribution in [0.1, 0.15) is 11.1 Å². The van der Waals surface area contributed by atoms with Crippen LogP contribution in [-0.2, 0) is 9.59 Å². The summed E-state index contributed by atoms with van der Waals surface area (Å²) in [5, 5.41) is 6.30. The first kappa shape index (κ1) is 18.2. The van der Waals surface area contributed by atoms with Crippen LogP contribution < -0.4 is 25.0 Å². The average molecular weight is 369 g/mol. The molecule has 2 aromatic carbocycles. The number of anilines is 1. The molecule has 1 heterocycles. The Hall–Kier alpha value is -3.55. The summed E-state index contributed by atoms with van der Waals surface area (Å²) in [4.78, 5) is 23.7. The first-order chi connectivity index (χ1) is 13.1.